The van der Waals surface area contributed by atoms with Crippen LogP contribution in [0.25, 0.3) is 0 Å². The van der Waals surface area contributed by atoms with Crippen molar-refractivity contribution in [3.8, 4) is 0 Å². The Morgan fingerprint density at radius 2 is 2.05 bits per heavy atom. The quantitative estimate of drug-likeness (QED) is 0.781. The number of carboxylic acid groups (broad SMARTS) is 1. The maximum Gasteiger partial charge on any atom is 0.317 e. The highest BCUT2D eigenvalue weighted by atomic mass is 16.4. The fraction of sp³-hybridized carbons (Fsp3) is 0.867. The van der Waals surface area contributed by atoms with Gasteiger partial charge in [0.15, 0.2) is 0 Å². The minimum Gasteiger partial charge on any atom is -0.481 e. The first-order chi connectivity index (χ1) is 9.74. The number of carbonyl (C=O) groups excluding carboxylic acids is 1. The molecule has 0 radical (unpaired) electrons. The average Bonchev–Trinajstić information content (AvgIpc) is 2.82. The Balaban J connectivity index is 2.47. The lowest BCUT2D eigenvalue weighted by molar-refractivity contribution is -0.137. The lowest BCUT2D eigenvalue weighted by atomic mass is 10.1. The van der Waals surface area contributed by atoms with Crippen LogP contribution in [-0.2, 0) is 4.79 Å². The van der Waals surface area contributed by atoms with Crippen molar-refractivity contribution in [2.24, 2.45) is 5.92 Å². The Kier molecular flexibility index (Phi) is 6.45. The topological polar surface area (TPSA) is 72.9 Å². The lowest BCUT2D eigenvalue weighted by Crippen LogP contribution is -2.52. The van der Waals surface area contributed by atoms with E-state index in [0.717, 1.165) is 26.1 Å². The molecular weight excluding hydrogens is 270 g/mol. The van der Waals surface area contributed by atoms with Gasteiger partial charge in [-0.25, -0.2) is 4.79 Å². The summed E-state index contributed by atoms with van der Waals surface area (Å²) >= 11 is 0. The molecule has 6 nitrogen and oxygen atoms in total. The first-order valence-electron chi connectivity index (χ1n) is 7.73. The molecule has 21 heavy (non-hydrogen) atoms. The highest BCUT2D eigenvalue weighted by molar-refractivity contribution is 5.76. The zero-order chi connectivity index (χ0) is 16.0. The van der Waals surface area contributed by atoms with E-state index in [1.807, 2.05) is 20.8 Å². The molecular formula is C15H29N3O3. The largest absolute Gasteiger partial charge is 0.481 e. The van der Waals surface area contributed by atoms with Crippen LogP contribution < -0.4 is 5.32 Å². The summed E-state index contributed by atoms with van der Waals surface area (Å²) in [7, 11) is 0. The molecule has 1 fully saturated rings. The van der Waals surface area contributed by atoms with E-state index in [2.05, 4.69) is 17.1 Å². The van der Waals surface area contributed by atoms with E-state index in [1.54, 1.807) is 4.90 Å². The number of likely N-dealkylation sites (tertiary alicyclic amines) is 1. The number of amides is 2. The number of hydrogen-bond acceptors (Lipinski definition) is 3. The molecule has 1 unspecified atom stereocenters. The van der Waals surface area contributed by atoms with E-state index in [0.29, 0.717) is 12.5 Å². The molecule has 1 aliphatic rings. The number of rotatable bonds is 6. The summed E-state index contributed by atoms with van der Waals surface area (Å²) in [6.45, 7) is 12.0. The number of carboxylic acids is 1. The van der Waals surface area contributed by atoms with E-state index in [9.17, 15) is 9.59 Å². The summed E-state index contributed by atoms with van der Waals surface area (Å²) in [5, 5.41) is 11.8. The second-order valence-electron chi connectivity index (χ2n) is 6.70. The smallest absolute Gasteiger partial charge is 0.317 e. The number of aliphatic carboxylic acids is 1. The van der Waals surface area contributed by atoms with Crippen LogP contribution >= 0.6 is 0 Å². The SMILES string of the molecule is CCN1CCC(CNC(=O)N(CCC(=O)O)C(C)(C)C)C1. The molecule has 1 rings (SSSR count). The Hall–Kier alpha value is -1.30. The second kappa shape index (κ2) is 7.64. The van der Waals surface area contributed by atoms with E-state index in [-0.39, 0.29) is 24.5 Å². The van der Waals surface area contributed by atoms with Gasteiger partial charge in [-0.1, -0.05) is 6.92 Å². The molecule has 0 aromatic carbocycles. The minimum atomic E-state index is -0.883. The van der Waals surface area contributed by atoms with Crippen LogP contribution in [0.2, 0.25) is 0 Å². The van der Waals surface area contributed by atoms with Crippen molar-refractivity contribution in [1.29, 1.82) is 0 Å². The highest BCUT2D eigenvalue weighted by Gasteiger charge is 2.28. The van der Waals surface area contributed by atoms with E-state index >= 15 is 0 Å². The number of nitrogens with zero attached hydrogens (tertiary/aromatic N) is 2. The van der Waals surface area contributed by atoms with Crippen LogP contribution in [-0.4, -0.2) is 65.2 Å². The Bertz CT molecular complexity index is 366. The standard InChI is InChI=1S/C15H29N3O3/c1-5-17-8-6-12(11-17)10-16-14(21)18(15(2,3)4)9-7-13(19)20/h12H,5-11H2,1-4H3,(H,16,21)(H,19,20). The van der Waals surface area contributed by atoms with Gasteiger partial charge in [-0.15, -0.1) is 0 Å². The van der Waals surface area contributed by atoms with E-state index in [1.165, 1.54) is 0 Å². The normalized spacial score (nSPS) is 19.5. The summed E-state index contributed by atoms with van der Waals surface area (Å²) in [6.07, 6.45) is 1.08. The molecule has 1 aliphatic heterocycles. The van der Waals surface area contributed by atoms with Crippen molar-refractivity contribution in [3.05, 3.63) is 0 Å². The third kappa shape index (κ3) is 5.91. The number of hydrogen-bond donors (Lipinski definition) is 2. The van der Waals surface area contributed by atoms with E-state index in [4.69, 9.17) is 5.11 Å². The Morgan fingerprint density at radius 3 is 2.52 bits per heavy atom. The molecule has 0 aromatic rings. The first-order valence-corrected chi connectivity index (χ1v) is 7.73. The van der Waals surface area contributed by atoms with Crippen LogP contribution in [0.4, 0.5) is 4.79 Å². The van der Waals surface area contributed by atoms with Crippen LogP contribution in [0.15, 0.2) is 0 Å². The molecule has 1 heterocycles. The van der Waals surface area contributed by atoms with Gasteiger partial charge in [0.05, 0.1) is 6.42 Å². The van der Waals surface area contributed by atoms with Gasteiger partial charge < -0.3 is 20.2 Å². The highest BCUT2D eigenvalue weighted by Crippen LogP contribution is 2.16. The number of nitrogens with one attached hydrogen (secondary N) is 1. The van der Waals surface area contributed by atoms with E-state index < -0.39 is 5.97 Å². The molecule has 1 saturated heterocycles. The van der Waals surface area contributed by atoms with Gasteiger partial charge in [0.25, 0.3) is 0 Å². The monoisotopic (exact) mass is 299 g/mol. The third-order valence-electron chi connectivity index (χ3n) is 3.96. The van der Waals surface area contributed by atoms with Gasteiger partial charge in [0.2, 0.25) is 0 Å². The van der Waals surface area contributed by atoms with Crippen molar-refractivity contribution in [1.82, 2.24) is 15.1 Å². The summed E-state index contributed by atoms with van der Waals surface area (Å²) in [4.78, 5) is 27.0. The van der Waals surface area contributed by atoms with Gasteiger partial charge in [-0.05, 0) is 46.2 Å². The molecule has 0 saturated carbocycles. The predicted octanol–water partition coefficient (Wildman–Crippen LogP) is 1.61. The van der Waals surface area contributed by atoms with Gasteiger partial charge in [-0.3, -0.25) is 4.79 Å². The molecule has 1 atom stereocenters. The van der Waals surface area contributed by atoms with Crippen LogP contribution in [0.3, 0.4) is 0 Å². The maximum absolute atomic E-state index is 12.3. The van der Waals surface area contributed by atoms with Gasteiger partial charge in [-0.2, -0.15) is 0 Å². The Morgan fingerprint density at radius 1 is 1.38 bits per heavy atom. The molecule has 122 valence electrons. The molecule has 2 N–H and O–H groups in total. The van der Waals surface area contributed by atoms with Gasteiger partial charge >= 0.3 is 12.0 Å². The zero-order valence-corrected chi connectivity index (χ0v) is 13.7. The summed E-state index contributed by atoms with van der Waals surface area (Å²) in [5.74, 6) is -0.387. The van der Waals surface area contributed by atoms with Gasteiger partial charge in [0, 0.05) is 25.2 Å². The molecule has 0 aromatic heterocycles. The van der Waals surface area contributed by atoms with Crippen molar-refractivity contribution in [3.63, 3.8) is 0 Å². The van der Waals surface area contributed by atoms with Crippen LogP contribution in [0.1, 0.15) is 40.5 Å². The summed E-state index contributed by atoms with van der Waals surface area (Å²) in [5.41, 5.74) is -0.384. The first kappa shape index (κ1) is 17.8. The number of urea groups is 1. The van der Waals surface area contributed by atoms with Gasteiger partial charge in [0.1, 0.15) is 0 Å². The molecule has 0 aliphatic carbocycles. The average molecular weight is 299 g/mol. The summed E-state index contributed by atoms with van der Waals surface area (Å²) < 4.78 is 0. The Labute approximate surface area is 127 Å². The fourth-order valence-corrected chi connectivity index (χ4v) is 2.64. The fourth-order valence-electron chi connectivity index (χ4n) is 2.64. The lowest BCUT2D eigenvalue weighted by Gasteiger charge is -2.35. The molecule has 0 spiro atoms. The zero-order valence-electron chi connectivity index (χ0n) is 13.7. The van der Waals surface area contributed by atoms with Crippen molar-refractivity contribution < 1.29 is 14.7 Å². The predicted molar refractivity (Wildman–Crippen MR) is 82.3 cm³/mol. The van der Waals surface area contributed by atoms with Crippen molar-refractivity contribution in [2.75, 3.05) is 32.7 Å². The van der Waals surface area contributed by atoms with Crippen LogP contribution in [0, 0.1) is 5.92 Å². The molecule has 6 heteroatoms. The third-order valence-corrected chi connectivity index (χ3v) is 3.96. The second-order valence-corrected chi connectivity index (χ2v) is 6.70. The minimum absolute atomic E-state index is 0.0300. The van der Waals surface area contributed by atoms with Crippen molar-refractivity contribution >= 4 is 12.0 Å². The maximum atomic E-state index is 12.3. The molecule has 2 amide bonds. The number of carbonyl (C=O) groups is 2. The summed E-state index contributed by atoms with van der Waals surface area (Å²) in [6, 6.07) is -0.168. The molecule has 0 bridgehead atoms. The van der Waals surface area contributed by atoms with Crippen molar-refractivity contribution in [2.45, 2.75) is 46.1 Å². The van der Waals surface area contributed by atoms with Crippen LogP contribution in [0.5, 0.6) is 0 Å².